The highest BCUT2D eigenvalue weighted by atomic mass is 35.5. The van der Waals surface area contributed by atoms with Gasteiger partial charge in [-0.05, 0) is 44.4 Å². The summed E-state index contributed by atoms with van der Waals surface area (Å²) in [5.74, 6) is 0.0223. The number of unbranched alkanes of at least 4 members (excludes halogenated alkanes) is 2. The van der Waals surface area contributed by atoms with Crippen molar-refractivity contribution in [3.8, 4) is 0 Å². The lowest BCUT2D eigenvalue weighted by molar-refractivity contribution is 0.101. The van der Waals surface area contributed by atoms with E-state index in [1.54, 1.807) is 12.1 Å². The molecule has 0 bridgehead atoms. The van der Waals surface area contributed by atoms with Gasteiger partial charge in [0.15, 0.2) is 5.78 Å². The first-order chi connectivity index (χ1) is 8.56. The Morgan fingerprint density at radius 2 is 2.06 bits per heavy atom. The van der Waals surface area contributed by atoms with Crippen LogP contribution in [0.4, 0.5) is 5.69 Å². The van der Waals surface area contributed by atoms with Crippen molar-refractivity contribution in [2.45, 2.75) is 26.2 Å². The molecule has 0 radical (unpaired) electrons. The van der Waals surface area contributed by atoms with Gasteiger partial charge in [0.05, 0.1) is 10.7 Å². The molecule has 1 aromatic rings. The SMILES string of the molecule is CC(=O)c1ccc(N(C)CCCCCO)c(Cl)c1. The molecule has 4 heteroatoms. The number of hydrogen-bond donors (Lipinski definition) is 1. The van der Waals surface area contributed by atoms with Crippen molar-refractivity contribution in [2.75, 3.05) is 25.1 Å². The molecule has 0 aromatic heterocycles. The molecule has 0 saturated carbocycles. The van der Waals surface area contributed by atoms with Crippen LogP contribution in [0.1, 0.15) is 36.5 Å². The molecule has 0 amide bonds. The van der Waals surface area contributed by atoms with Gasteiger partial charge in [0, 0.05) is 25.8 Å². The third kappa shape index (κ3) is 4.31. The lowest BCUT2D eigenvalue weighted by Gasteiger charge is -2.20. The van der Waals surface area contributed by atoms with Crippen LogP contribution in [-0.2, 0) is 0 Å². The van der Waals surface area contributed by atoms with Crippen LogP contribution in [0.5, 0.6) is 0 Å². The number of ketones is 1. The van der Waals surface area contributed by atoms with Crippen LogP contribution in [-0.4, -0.2) is 31.1 Å². The van der Waals surface area contributed by atoms with Gasteiger partial charge < -0.3 is 10.0 Å². The molecule has 0 aliphatic carbocycles. The topological polar surface area (TPSA) is 40.5 Å². The number of halogens is 1. The minimum Gasteiger partial charge on any atom is -0.396 e. The van der Waals surface area contributed by atoms with Crippen LogP contribution in [0, 0.1) is 0 Å². The maximum atomic E-state index is 11.2. The predicted octanol–water partition coefficient (Wildman–Crippen LogP) is 3.14. The number of rotatable bonds is 7. The zero-order valence-electron chi connectivity index (χ0n) is 10.9. The Morgan fingerprint density at radius 3 is 2.61 bits per heavy atom. The summed E-state index contributed by atoms with van der Waals surface area (Å²) in [6.45, 7) is 2.67. The van der Waals surface area contributed by atoms with Crippen LogP contribution in [0.25, 0.3) is 0 Å². The summed E-state index contributed by atoms with van der Waals surface area (Å²) in [6, 6.07) is 5.39. The Bertz CT molecular complexity index is 407. The number of aliphatic hydroxyl groups excluding tert-OH is 1. The van der Waals surface area contributed by atoms with Gasteiger partial charge in [-0.1, -0.05) is 11.6 Å². The highest BCUT2D eigenvalue weighted by Crippen LogP contribution is 2.26. The van der Waals surface area contributed by atoms with E-state index in [1.807, 2.05) is 13.1 Å². The summed E-state index contributed by atoms with van der Waals surface area (Å²) >= 11 is 6.17. The van der Waals surface area contributed by atoms with E-state index < -0.39 is 0 Å². The van der Waals surface area contributed by atoms with Gasteiger partial charge in [-0.2, -0.15) is 0 Å². The van der Waals surface area contributed by atoms with Crippen molar-refractivity contribution < 1.29 is 9.90 Å². The third-order valence-electron chi connectivity index (χ3n) is 2.92. The quantitative estimate of drug-likeness (QED) is 0.611. The van der Waals surface area contributed by atoms with E-state index in [1.165, 1.54) is 6.92 Å². The average Bonchev–Trinajstić information content (AvgIpc) is 2.34. The Balaban J connectivity index is 2.62. The second kappa shape index (κ2) is 7.39. The van der Waals surface area contributed by atoms with Gasteiger partial charge in [-0.3, -0.25) is 4.79 Å². The lowest BCUT2D eigenvalue weighted by Crippen LogP contribution is -2.19. The molecule has 3 nitrogen and oxygen atoms in total. The standard InChI is InChI=1S/C14H20ClNO2/c1-11(18)12-6-7-14(13(15)10-12)16(2)8-4-3-5-9-17/h6-7,10,17H,3-5,8-9H2,1-2H3. The van der Waals surface area contributed by atoms with Gasteiger partial charge in [0.2, 0.25) is 0 Å². The van der Waals surface area contributed by atoms with E-state index >= 15 is 0 Å². The summed E-state index contributed by atoms with van der Waals surface area (Å²) in [7, 11) is 1.98. The molecule has 0 fully saturated rings. The Morgan fingerprint density at radius 1 is 1.33 bits per heavy atom. The molecule has 1 N–H and O–H groups in total. The lowest BCUT2D eigenvalue weighted by atomic mass is 10.1. The Labute approximate surface area is 113 Å². The molecule has 0 atom stereocenters. The fourth-order valence-corrected chi connectivity index (χ4v) is 2.12. The number of benzene rings is 1. The van der Waals surface area contributed by atoms with E-state index in [2.05, 4.69) is 4.90 Å². The molecule has 0 saturated heterocycles. The van der Waals surface area contributed by atoms with Crippen molar-refractivity contribution in [2.24, 2.45) is 0 Å². The molecule has 1 rings (SSSR count). The van der Waals surface area contributed by atoms with Gasteiger partial charge >= 0.3 is 0 Å². The summed E-state index contributed by atoms with van der Waals surface area (Å²) in [5.41, 5.74) is 1.57. The summed E-state index contributed by atoms with van der Waals surface area (Å²) in [4.78, 5) is 13.3. The minimum absolute atomic E-state index is 0.0223. The van der Waals surface area contributed by atoms with Gasteiger partial charge in [-0.15, -0.1) is 0 Å². The van der Waals surface area contributed by atoms with Crippen LogP contribution < -0.4 is 4.90 Å². The fraction of sp³-hybridized carbons (Fsp3) is 0.500. The smallest absolute Gasteiger partial charge is 0.159 e. The van der Waals surface area contributed by atoms with E-state index in [0.717, 1.165) is 31.5 Å². The van der Waals surface area contributed by atoms with Crippen molar-refractivity contribution in [3.63, 3.8) is 0 Å². The first-order valence-corrected chi connectivity index (χ1v) is 6.56. The fourth-order valence-electron chi connectivity index (χ4n) is 1.79. The summed E-state index contributed by atoms with van der Waals surface area (Å²) in [6.07, 6.45) is 2.86. The third-order valence-corrected chi connectivity index (χ3v) is 3.22. The first kappa shape index (κ1) is 15.0. The molecule has 0 spiro atoms. The van der Waals surface area contributed by atoms with Crippen molar-refractivity contribution in [3.05, 3.63) is 28.8 Å². The Kier molecular flexibility index (Phi) is 6.16. The predicted molar refractivity (Wildman–Crippen MR) is 75.7 cm³/mol. The van der Waals surface area contributed by atoms with Crippen molar-refractivity contribution >= 4 is 23.1 Å². The van der Waals surface area contributed by atoms with E-state index in [9.17, 15) is 4.79 Å². The highest BCUT2D eigenvalue weighted by molar-refractivity contribution is 6.33. The molecule has 0 unspecified atom stereocenters. The largest absolute Gasteiger partial charge is 0.396 e. The van der Waals surface area contributed by atoms with Crippen molar-refractivity contribution in [1.29, 1.82) is 0 Å². The number of aliphatic hydroxyl groups is 1. The number of anilines is 1. The number of hydrogen-bond acceptors (Lipinski definition) is 3. The normalized spacial score (nSPS) is 10.4. The zero-order chi connectivity index (χ0) is 13.5. The molecule has 18 heavy (non-hydrogen) atoms. The molecule has 100 valence electrons. The van der Waals surface area contributed by atoms with E-state index in [4.69, 9.17) is 16.7 Å². The van der Waals surface area contributed by atoms with Gasteiger partial charge in [-0.25, -0.2) is 0 Å². The summed E-state index contributed by atoms with van der Waals surface area (Å²) in [5, 5.41) is 9.31. The highest BCUT2D eigenvalue weighted by Gasteiger charge is 2.08. The second-order valence-corrected chi connectivity index (χ2v) is 4.84. The monoisotopic (exact) mass is 269 g/mol. The molecular formula is C14H20ClNO2. The van der Waals surface area contributed by atoms with Crippen LogP contribution in [0.2, 0.25) is 5.02 Å². The maximum Gasteiger partial charge on any atom is 0.159 e. The maximum absolute atomic E-state index is 11.2. The number of Topliss-reactive ketones (excluding diaryl/α,β-unsaturated/α-hetero) is 1. The van der Waals surface area contributed by atoms with Crippen LogP contribution >= 0.6 is 11.6 Å². The average molecular weight is 270 g/mol. The van der Waals surface area contributed by atoms with Crippen molar-refractivity contribution in [1.82, 2.24) is 0 Å². The van der Waals surface area contributed by atoms with Gasteiger partial charge in [0.1, 0.15) is 0 Å². The zero-order valence-corrected chi connectivity index (χ0v) is 11.7. The number of carbonyl (C=O) groups excluding carboxylic acids is 1. The van der Waals surface area contributed by atoms with Gasteiger partial charge in [0.25, 0.3) is 0 Å². The first-order valence-electron chi connectivity index (χ1n) is 6.18. The molecule has 0 aliphatic heterocycles. The second-order valence-electron chi connectivity index (χ2n) is 4.43. The Hall–Kier alpha value is -1.06. The molecular weight excluding hydrogens is 250 g/mol. The summed E-state index contributed by atoms with van der Waals surface area (Å²) < 4.78 is 0. The molecule has 0 heterocycles. The van der Waals surface area contributed by atoms with E-state index in [0.29, 0.717) is 10.6 Å². The number of nitrogens with zero attached hydrogens (tertiary/aromatic N) is 1. The molecule has 0 aliphatic rings. The minimum atomic E-state index is 0.0223. The number of carbonyl (C=O) groups is 1. The van der Waals surface area contributed by atoms with E-state index in [-0.39, 0.29) is 12.4 Å². The van der Waals surface area contributed by atoms with Crippen LogP contribution in [0.3, 0.4) is 0 Å². The molecule has 1 aromatic carbocycles. The van der Waals surface area contributed by atoms with Crippen LogP contribution in [0.15, 0.2) is 18.2 Å².